The van der Waals surface area contributed by atoms with Crippen LogP contribution >= 0.6 is 0 Å². The molecule has 13 heavy (non-hydrogen) atoms. The highest BCUT2D eigenvalue weighted by molar-refractivity contribution is 4.77. The summed E-state index contributed by atoms with van der Waals surface area (Å²) in [6.45, 7) is 4.74. The molecule has 1 rings (SSSR count). The van der Waals surface area contributed by atoms with Crippen molar-refractivity contribution in [3.8, 4) is 0 Å². The molecule has 1 aliphatic rings. The fourth-order valence-corrected chi connectivity index (χ4v) is 1.83. The van der Waals surface area contributed by atoms with Crippen LogP contribution in [-0.4, -0.2) is 63.2 Å². The molecule has 0 radical (unpaired) electrons. The van der Waals surface area contributed by atoms with Gasteiger partial charge in [0, 0.05) is 25.7 Å². The Balaban J connectivity index is 2.11. The van der Waals surface area contributed by atoms with E-state index in [0.717, 1.165) is 12.6 Å². The van der Waals surface area contributed by atoms with Gasteiger partial charge in [-0.05, 0) is 40.5 Å². The average Bonchev–Trinajstić information content (AvgIpc) is 2.08. The van der Waals surface area contributed by atoms with Crippen LogP contribution in [0.2, 0.25) is 0 Å². The normalized spacial score (nSPS) is 25.4. The Morgan fingerprint density at radius 1 is 1.46 bits per heavy atom. The third-order valence-electron chi connectivity index (χ3n) is 2.79. The van der Waals surface area contributed by atoms with Gasteiger partial charge in [0.25, 0.3) is 0 Å². The number of hydrogen-bond acceptors (Lipinski definition) is 3. The third-order valence-corrected chi connectivity index (χ3v) is 2.79. The molecule has 1 saturated heterocycles. The maximum atomic E-state index is 3.45. The van der Waals surface area contributed by atoms with E-state index in [4.69, 9.17) is 0 Å². The summed E-state index contributed by atoms with van der Waals surface area (Å²) < 4.78 is 0. The van der Waals surface area contributed by atoms with Crippen LogP contribution in [-0.2, 0) is 0 Å². The zero-order chi connectivity index (χ0) is 9.68. The van der Waals surface area contributed by atoms with Gasteiger partial charge in [0.15, 0.2) is 0 Å². The molecule has 0 aliphatic carbocycles. The largest absolute Gasteiger partial charge is 0.314 e. The smallest absolute Gasteiger partial charge is 0.0218 e. The molecule has 0 aromatic heterocycles. The zero-order valence-corrected chi connectivity index (χ0v) is 9.21. The maximum absolute atomic E-state index is 3.45. The van der Waals surface area contributed by atoms with E-state index in [1.54, 1.807) is 0 Å². The first kappa shape index (κ1) is 11.0. The summed E-state index contributed by atoms with van der Waals surface area (Å²) in [5.41, 5.74) is 0. The SMILES string of the molecule is CN(C)CCCC1CNCCN1C. The summed E-state index contributed by atoms with van der Waals surface area (Å²) in [6.07, 6.45) is 2.63. The highest BCUT2D eigenvalue weighted by Crippen LogP contribution is 2.07. The molecular formula is C10H23N3. The summed E-state index contributed by atoms with van der Waals surface area (Å²) in [7, 11) is 6.52. The van der Waals surface area contributed by atoms with Crippen LogP contribution in [0.25, 0.3) is 0 Å². The summed E-state index contributed by atoms with van der Waals surface area (Å²) in [5, 5.41) is 3.45. The second-order valence-electron chi connectivity index (χ2n) is 4.28. The van der Waals surface area contributed by atoms with Gasteiger partial charge in [-0.1, -0.05) is 0 Å². The molecule has 1 N–H and O–H groups in total. The molecule has 0 spiro atoms. The molecule has 1 fully saturated rings. The van der Waals surface area contributed by atoms with E-state index >= 15 is 0 Å². The molecule has 78 valence electrons. The number of hydrogen-bond donors (Lipinski definition) is 1. The summed E-state index contributed by atoms with van der Waals surface area (Å²) >= 11 is 0. The Morgan fingerprint density at radius 2 is 2.23 bits per heavy atom. The molecule has 1 aliphatic heterocycles. The van der Waals surface area contributed by atoms with Gasteiger partial charge in [-0.25, -0.2) is 0 Å². The minimum Gasteiger partial charge on any atom is -0.314 e. The second-order valence-corrected chi connectivity index (χ2v) is 4.28. The van der Waals surface area contributed by atoms with Gasteiger partial charge >= 0.3 is 0 Å². The first-order chi connectivity index (χ1) is 6.20. The predicted molar refractivity (Wildman–Crippen MR) is 57.1 cm³/mol. The standard InChI is InChI=1S/C10H23N3/c1-12(2)7-4-5-10-9-11-6-8-13(10)3/h10-11H,4-9H2,1-3H3. The van der Waals surface area contributed by atoms with Crippen molar-refractivity contribution in [2.24, 2.45) is 0 Å². The van der Waals surface area contributed by atoms with Crippen LogP contribution in [0.1, 0.15) is 12.8 Å². The second kappa shape index (κ2) is 5.58. The first-order valence-corrected chi connectivity index (χ1v) is 5.26. The third kappa shape index (κ3) is 4.07. The van der Waals surface area contributed by atoms with E-state index < -0.39 is 0 Å². The van der Waals surface area contributed by atoms with Gasteiger partial charge in [-0.15, -0.1) is 0 Å². The zero-order valence-electron chi connectivity index (χ0n) is 9.21. The van der Waals surface area contributed by atoms with Crippen LogP contribution in [0.15, 0.2) is 0 Å². The molecule has 1 atom stereocenters. The topological polar surface area (TPSA) is 18.5 Å². The Kier molecular flexibility index (Phi) is 4.70. The monoisotopic (exact) mass is 185 g/mol. The molecule has 3 heteroatoms. The Bertz CT molecular complexity index is 136. The molecular weight excluding hydrogens is 162 g/mol. The molecule has 0 aromatic carbocycles. The Morgan fingerprint density at radius 3 is 2.85 bits per heavy atom. The number of nitrogens with one attached hydrogen (secondary N) is 1. The van der Waals surface area contributed by atoms with Crippen molar-refractivity contribution in [3.63, 3.8) is 0 Å². The van der Waals surface area contributed by atoms with Crippen molar-refractivity contribution in [2.75, 3.05) is 47.3 Å². The van der Waals surface area contributed by atoms with Gasteiger partial charge in [0.1, 0.15) is 0 Å². The van der Waals surface area contributed by atoms with Crippen molar-refractivity contribution in [2.45, 2.75) is 18.9 Å². The van der Waals surface area contributed by atoms with Crippen LogP contribution in [0.5, 0.6) is 0 Å². The van der Waals surface area contributed by atoms with Crippen LogP contribution in [0, 0.1) is 0 Å². The van der Waals surface area contributed by atoms with Crippen molar-refractivity contribution in [1.29, 1.82) is 0 Å². The summed E-state index contributed by atoms with van der Waals surface area (Å²) in [6, 6.07) is 0.758. The Labute approximate surface area is 82.1 Å². The lowest BCUT2D eigenvalue weighted by Crippen LogP contribution is -2.49. The summed E-state index contributed by atoms with van der Waals surface area (Å²) in [4.78, 5) is 4.74. The molecule has 0 amide bonds. The quantitative estimate of drug-likeness (QED) is 0.676. The first-order valence-electron chi connectivity index (χ1n) is 5.26. The van der Waals surface area contributed by atoms with E-state index in [-0.39, 0.29) is 0 Å². The van der Waals surface area contributed by atoms with Crippen LogP contribution in [0.3, 0.4) is 0 Å². The van der Waals surface area contributed by atoms with E-state index in [1.807, 2.05) is 0 Å². The number of nitrogens with zero attached hydrogens (tertiary/aromatic N) is 2. The van der Waals surface area contributed by atoms with E-state index in [0.29, 0.717) is 0 Å². The van der Waals surface area contributed by atoms with Crippen LogP contribution in [0.4, 0.5) is 0 Å². The maximum Gasteiger partial charge on any atom is 0.0218 e. The average molecular weight is 185 g/mol. The van der Waals surface area contributed by atoms with Gasteiger partial charge in [-0.2, -0.15) is 0 Å². The molecule has 1 unspecified atom stereocenters. The van der Waals surface area contributed by atoms with Crippen molar-refractivity contribution < 1.29 is 0 Å². The fourth-order valence-electron chi connectivity index (χ4n) is 1.83. The van der Waals surface area contributed by atoms with Crippen molar-refractivity contribution in [3.05, 3.63) is 0 Å². The fraction of sp³-hybridized carbons (Fsp3) is 1.00. The van der Waals surface area contributed by atoms with Gasteiger partial charge < -0.3 is 15.1 Å². The highest BCUT2D eigenvalue weighted by atomic mass is 15.2. The van der Waals surface area contributed by atoms with Crippen LogP contribution < -0.4 is 5.32 Å². The number of rotatable bonds is 4. The summed E-state index contributed by atoms with van der Waals surface area (Å²) in [5.74, 6) is 0. The lowest BCUT2D eigenvalue weighted by atomic mass is 10.1. The minimum absolute atomic E-state index is 0.758. The van der Waals surface area contributed by atoms with Gasteiger partial charge in [0.2, 0.25) is 0 Å². The molecule has 1 heterocycles. The highest BCUT2D eigenvalue weighted by Gasteiger charge is 2.17. The lowest BCUT2D eigenvalue weighted by Gasteiger charge is -2.33. The van der Waals surface area contributed by atoms with E-state index in [2.05, 4.69) is 36.3 Å². The van der Waals surface area contributed by atoms with E-state index in [9.17, 15) is 0 Å². The molecule has 0 bridgehead atoms. The van der Waals surface area contributed by atoms with Gasteiger partial charge in [-0.3, -0.25) is 0 Å². The molecule has 0 saturated carbocycles. The minimum atomic E-state index is 0.758. The number of piperazine rings is 1. The number of likely N-dealkylation sites (N-methyl/N-ethyl adjacent to an activating group) is 1. The molecule has 3 nitrogen and oxygen atoms in total. The molecule has 0 aromatic rings. The Hall–Kier alpha value is -0.120. The van der Waals surface area contributed by atoms with Crippen molar-refractivity contribution >= 4 is 0 Å². The van der Waals surface area contributed by atoms with Gasteiger partial charge in [0.05, 0.1) is 0 Å². The van der Waals surface area contributed by atoms with Crippen molar-refractivity contribution in [1.82, 2.24) is 15.1 Å². The lowest BCUT2D eigenvalue weighted by molar-refractivity contribution is 0.184. The van der Waals surface area contributed by atoms with E-state index in [1.165, 1.54) is 32.5 Å². The predicted octanol–water partition coefficient (Wildman–Crippen LogP) is 0.232.